The smallest absolute Gasteiger partial charge is 0.335 e. The van der Waals surface area contributed by atoms with Crippen LogP contribution < -0.4 is 5.73 Å². The number of carbonyl (C=O) groups excluding carboxylic acids is 1. The molecule has 0 bridgehead atoms. The fourth-order valence-electron chi connectivity index (χ4n) is 2.90. The van der Waals surface area contributed by atoms with Gasteiger partial charge in [0.15, 0.2) is 0 Å². The van der Waals surface area contributed by atoms with Crippen LogP contribution >= 0.6 is 0 Å². The average Bonchev–Trinajstić information content (AvgIpc) is 2.62. The van der Waals surface area contributed by atoms with Gasteiger partial charge in [-0.05, 0) is 47.9 Å². The second-order valence-corrected chi connectivity index (χ2v) is 6.12. The fraction of sp³-hybridized carbons (Fsp3) is 0.316. The number of carboxylic acids is 2. The number of primary amides is 1. The van der Waals surface area contributed by atoms with E-state index < -0.39 is 11.9 Å². The maximum Gasteiger partial charge on any atom is 0.335 e. The zero-order valence-corrected chi connectivity index (χ0v) is 13.8. The Morgan fingerprint density at radius 3 is 1.56 bits per heavy atom. The fourth-order valence-corrected chi connectivity index (χ4v) is 2.90. The predicted molar refractivity (Wildman–Crippen MR) is 93.6 cm³/mol. The number of carbonyl (C=O) groups is 3. The first-order valence-electron chi connectivity index (χ1n) is 8.18. The topological polar surface area (TPSA) is 118 Å². The maximum absolute atomic E-state index is 10.7. The molecule has 0 unspecified atom stereocenters. The maximum atomic E-state index is 10.7. The van der Waals surface area contributed by atoms with Crippen LogP contribution in [0.25, 0.3) is 10.8 Å². The molecule has 3 rings (SSSR count). The molecule has 0 atom stereocenters. The molecule has 0 spiro atoms. The molecule has 1 amide bonds. The van der Waals surface area contributed by atoms with E-state index in [9.17, 15) is 14.4 Å². The van der Waals surface area contributed by atoms with Gasteiger partial charge in [0.25, 0.3) is 0 Å². The van der Waals surface area contributed by atoms with E-state index in [1.807, 2.05) is 0 Å². The van der Waals surface area contributed by atoms with Crippen LogP contribution in [0, 0.1) is 5.92 Å². The van der Waals surface area contributed by atoms with Gasteiger partial charge in [0.05, 0.1) is 11.1 Å². The molecular weight excluding hydrogens is 322 g/mol. The van der Waals surface area contributed by atoms with E-state index in [1.54, 1.807) is 12.1 Å². The van der Waals surface area contributed by atoms with Crippen molar-refractivity contribution in [2.24, 2.45) is 11.7 Å². The summed E-state index contributed by atoms with van der Waals surface area (Å²) in [5, 5.41) is 19.0. The van der Waals surface area contributed by atoms with Crippen molar-refractivity contribution >= 4 is 28.6 Å². The first kappa shape index (κ1) is 18.4. The van der Waals surface area contributed by atoms with Crippen LogP contribution in [-0.2, 0) is 4.79 Å². The number of aromatic carboxylic acids is 2. The summed E-state index contributed by atoms with van der Waals surface area (Å²) in [6.07, 6.45) is 5.70. The molecule has 25 heavy (non-hydrogen) atoms. The monoisotopic (exact) mass is 343 g/mol. The minimum atomic E-state index is -0.996. The van der Waals surface area contributed by atoms with E-state index in [0.29, 0.717) is 10.8 Å². The molecule has 0 heterocycles. The van der Waals surface area contributed by atoms with Crippen molar-refractivity contribution in [1.29, 1.82) is 0 Å². The van der Waals surface area contributed by atoms with E-state index in [2.05, 4.69) is 0 Å². The number of hydrogen-bond donors (Lipinski definition) is 3. The lowest BCUT2D eigenvalue weighted by Crippen LogP contribution is -2.24. The molecule has 0 aliphatic heterocycles. The molecule has 6 heteroatoms. The Bertz CT molecular complexity index is 740. The largest absolute Gasteiger partial charge is 0.478 e. The Labute approximate surface area is 145 Å². The third-order valence-corrected chi connectivity index (χ3v) is 4.34. The highest BCUT2D eigenvalue weighted by Gasteiger charge is 2.17. The van der Waals surface area contributed by atoms with Gasteiger partial charge in [0.1, 0.15) is 0 Å². The predicted octanol–water partition coefficient (Wildman–Crippen LogP) is 3.29. The van der Waals surface area contributed by atoms with Crippen LogP contribution in [0.1, 0.15) is 52.8 Å². The highest BCUT2D eigenvalue weighted by Crippen LogP contribution is 2.22. The highest BCUT2D eigenvalue weighted by molar-refractivity contribution is 5.97. The van der Waals surface area contributed by atoms with Crippen LogP contribution in [0.3, 0.4) is 0 Å². The summed E-state index contributed by atoms with van der Waals surface area (Å²) in [5.41, 5.74) is 5.51. The molecule has 1 aliphatic rings. The molecule has 2 aromatic carbocycles. The van der Waals surface area contributed by atoms with Crippen LogP contribution in [0.4, 0.5) is 0 Å². The minimum absolute atomic E-state index is 0.102. The molecule has 0 saturated heterocycles. The number of rotatable bonds is 3. The molecule has 2 aromatic rings. The van der Waals surface area contributed by atoms with Crippen LogP contribution in [0.15, 0.2) is 36.4 Å². The normalized spacial score (nSPS) is 14.4. The van der Waals surface area contributed by atoms with Gasteiger partial charge in [-0.25, -0.2) is 9.59 Å². The summed E-state index contributed by atoms with van der Waals surface area (Å²) in [5.74, 6) is -1.90. The molecule has 0 radical (unpaired) electrons. The summed E-state index contributed by atoms with van der Waals surface area (Å²) in [7, 11) is 0. The van der Waals surface area contributed by atoms with Crippen molar-refractivity contribution in [2.45, 2.75) is 32.1 Å². The van der Waals surface area contributed by atoms with E-state index in [-0.39, 0.29) is 23.0 Å². The van der Waals surface area contributed by atoms with E-state index in [1.165, 1.54) is 43.5 Å². The van der Waals surface area contributed by atoms with Crippen molar-refractivity contribution in [3.05, 3.63) is 47.5 Å². The minimum Gasteiger partial charge on any atom is -0.478 e. The van der Waals surface area contributed by atoms with Crippen molar-refractivity contribution < 1.29 is 24.6 Å². The zero-order chi connectivity index (χ0) is 18.4. The molecular formula is C19H21NO5. The molecule has 1 fully saturated rings. The van der Waals surface area contributed by atoms with E-state index >= 15 is 0 Å². The van der Waals surface area contributed by atoms with Crippen molar-refractivity contribution in [3.8, 4) is 0 Å². The number of nitrogens with two attached hydrogens (primary N) is 1. The number of benzene rings is 2. The molecule has 1 saturated carbocycles. The van der Waals surface area contributed by atoms with Gasteiger partial charge < -0.3 is 15.9 Å². The Hall–Kier alpha value is -2.89. The molecule has 0 aromatic heterocycles. The van der Waals surface area contributed by atoms with Crippen LogP contribution in [0.5, 0.6) is 0 Å². The quantitative estimate of drug-likeness (QED) is 0.790. The summed E-state index contributed by atoms with van der Waals surface area (Å²) in [6.45, 7) is 0. The van der Waals surface area contributed by atoms with Gasteiger partial charge in [-0.2, -0.15) is 0 Å². The van der Waals surface area contributed by atoms with Gasteiger partial charge in [-0.3, -0.25) is 4.79 Å². The Morgan fingerprint density at radius 2 is 1.24 bits per heavy atom. The third kappa shape index (κ3) is 5.04. The number of amides is 1. The SMILES string of the molecule is NC(=O)C1CCCCC1.O=C(O)c1ccc2cc(C(=O)O)ccc2c1. The van der Waals surface area contributed by atoms with Crippen molar-refractivity contribution in [3.63, 3.8) is 0 Å². The van der Waals surface area contributed by atoms with E-state index in [4.69, 9.17) is 15.9 Å². The lowest BCUT2D eigenvalue weighted by Gasteiger charge is -2.17. The Kier molecular flexibility index (Phi) is 6.11. The van der Waals surface area contributed by atoms with Gasteiger partial charge in [-0.15, -0.1) is 0 Å². The van der Waals surface area contributed by atoms with Gasteiger partial charge in [0.2, 0.25) is 5.91 Å². The molecule has 132 valence electrons. The lowest BCUT2D eigenvalue weighted by molar-refractivity contribution is -0.122. The summed E-state index contributed by atoms with van der Waals surface area (Å²) >= 11 is 0. The zero-order valence-electron chi connectivity index (χ0n) is 13.8. The van der Waals surface area contributed by atoms with E-state index in [0.717, 1.165) is 12.8 Å². The molecule has 4 N–H and O–H groups in total. The number of hydrogen-bond acceptors (Lipinski definition) is 3. The summed E-state index contributed by atoms with van der Waals surface area (Å²) < 4.78 is 0. The molecule has 6 nitrogen and oxygen atoms in total. The lowest BCUT2D eigenvalue weighted by atomic mass is 9.89. The van der Waals surface area contributed by atoms with Gasteiger partial charge in [-0.1, -0.05) is 31.4 Å². The first-order valence-corrected chi connectivity index (χ1v) is 8.18. The number of carboxylic acid groups (broad SMARTS) is 2. The summed E-state index contributed by atoms with van der Waals surface area (Å²) in [6, 6.07) is 9.15. The molecule has 1 aliphatic carbocycles. The second-order valence-electron chi connectivity index (χ2n) is 6.12. The van der Waals surface area contributed by atoms with Crippen LogP contribution in [-0.4, -0.2) is 28.1 Å². The standard InChI is InChI=1S/C12H8O4.C7H13NO/c13-11(14)9-3-1-7-5-10(12(15)16)4-2-8(7)6-9;8-7(9)6-4-2-1-3-5-6/h1-6H,(H,13,14)(H,15,16);6H,1-5H2,(H2,8,9). The van der Waals surface area contributed by atoms with Gasteiger partial charge in [0, 0.05) is 5.92 Å². The van der Waals surface area contributed by atoms with Crippen molar-refractivity contribution in [2.75, 3.05) is 0 Å². The third-order valence-electron chi connectivity index (χ3n) is 4.34. The Morgan fingerprint density at radius 1 is 0.800 bits per heavy atom. The van der Waals surface area contributed by atoms with Crippen LogP contribution in [0.2, 0.25) is 0 Å². The summed E-state index contributed by atoms with van der Waals surface area (Å²) in [4.78, 5) is 32.0. The second kappa shape index (κ2) is 8.28. The first-order chi connectivity index (χ1) is 11.9. The number of fused-ring (bicyclic) bond motifs is 1. The van der Waals surface area contributed by atoms with Crippen molar-refractivity contribution in [1.82, 2.24) is 0 Å². The Balaban J connectivity index is 0.000000212. The van der Waals surface area contributed by atoms with Gasteiger partial charge >= 0.3 is 11.9 Å². The highest BCUT2D eigenvalue weighted by atomic mass is 16.4. The average molecular weight is 343 g/mol.